The molecule has 3 heteroatoms. The Labute approximate surface area is 101 Å². The van der Waals surface area contributed by atoms with Gasteiger partial charge in [0.15, 0.2) is 0 Å². The molecule has 1 aromatic rings. The molecule has 2 nitrogen and oxygen atoms in total. The number of carbonyl (C=O) groups excluding carboxylic acids is 1. The lowest BCUT2D eigenvalue weighted by Crippen LogP contribution is -2.24. The second-order valence-corrected chi connectivity index (χ2v) is 4.50. The maximum absolute atomic E-state index is 13.3. The molecule has 0 atom stereocenters. The molecule has 0 unspecified atom stereocenters. The molecule has 0 radical (unpaired) electrons. The Morgan fingerprint density at radius 1 is 1.41 bits per heavy atom. The zero-order chi connectivity index (χ0) is 12.9. The van der Waals surface area contributed by atoms with E-state index in [1.165, 1.54) is 13.2 Å². The van der Waals surface area contributed by atoms with Gasteiger partial charge < -0.3 is 4.74 Å². The Balaban J connectivity index is 2.68. The summed E-state index contributed by atoms with van der Waals surface area (Å²) in [6.07, 6.45) is 3.98. The number of carbonyl (C=O) groups is 1. The number of allylic oxidation sites excluding steroid dienone is 1. The van der Waals surface area contributed by atoms with Crippen LogP contribution in [0.2, 0.25) is 0 Å². The summed E-state index contributed by atoms with van der Waals surface area (Å²) in [4.78, 5) is 11.4. The highest BCUT2D eigenvalue weighted by molar-refractivity contribution is 5.76. The Hall–Kier alpha value is -1.64. The Morgan fingerprint density at radius 2 is 2.06 bits per heavy atom. The van der Waals surface area contributed by atoms with Crippen LogP contribution in [0, 0.1) is 11.2 Å². The smallest absolute Gasteiger partial charge is 0.311 e. The third-order valence-corrected chi connectivity index (χ3v) is 2.57. The van der Waals surface area contributed by atoms with Gasteiger partial charge in [-0.15, -0.1) is 0 Å². The maximum Gasteiger partial charge on any atom is 0.311 e. The van der Waals surface area contributed by atoms with Crippen LogP contribution >= 0.6 is 0 Å². The maximum atomic E-state index is 13.3. The third-order valence-electron chi connectivity index (χ3n) is 2.57. The van der Waals surface area contributed by atoms with Gasteiger partial charge >= 0.3 is 5.97 Å². The van der Waals surface area contributed by atoms with E-state index in [1.807, 2.05) is 0 Å². The fourth-order valence-corrected chi connectivity index (χ4v) is 1.45. The molecule has 0 fully saturated rings. The van der Waals surface area contributed by atoms with Crippen molar-refractivity contribution in [1.82, 2.24) is 0 Å². The number of halogens is 1. The molecule has 0 heterocycles. The van der Waals surface area contributed by atoms with E-state index in [2.05, 4.69) is 0 Å². The summed E-state index contributed by atoms with van der Waals surface area (Å²) in [5.74, 6) is -0.532. The molecule has 0 aliphatic heterocycles. The lowest BCUT2D eigenvalue weighted by atomic mass is 9.89. The Bertz CT molecular complexity index is 422. The topological polar surface area (TPSA) is 26.3 Å². The largest absolute Gasteiger partial charge is 0.469 e. The first kappa shape index (κ1) is 13.4. The molecular formula is C14H17FO2. The van der Waals surface area contributed by atoms with Crippen molar-refractivity contribution in [3.63, 3.8) is 0 Å². The molecule has 0 aliphatic carbocycles. The molecule has 0 bridgehead atoms. The molecule has 17 heavy (non-hydrogen) atoms. The summed E-state index contributed by atoms with van der Waals surface area (Å²) in [6, 6.07) is 6.52. The normalized spacial score (nSPS) is 11.8. The van der Waals surface area contributed by atoms with Gasteiger partial charge in [0.1, 0.15) is 5.82 Å². The number of rotatable bonds is 4. The fourth-order valence-electron chi connectivity index (χ4n) is 1.45. The van der Waals surface area contributed by atoms with Gasteiger partial charge in [0.25, 0.3) is 0 Å². The third kappa shape index (κ3) is 3.70. The van der Waals surface area contributed by atoms with Crippen molar-refractivity contribution in [1.29, 1.82) is 0 Å². The van der Waals surface area contributed by atoms with E-state index in [0.29, 0.717) is 12.0 Å². The van der Waals surface area contributed by atoms with Gasteiger partial charge in [-0.3, -0.25) is 4.79 Å². The quantitative estimate of drug-likeness (QED) is 0.749. The highest BCUT2D eigenvalue weighted by Crippen LogP contribution is 2.23. The molecular weight excluding hydrogens is 219 g/mol. The zero-order valence-corrected chi connectivity index (χ0v) is 10.4. The van der Waals surface area contributed by atoms with Crippen LogP contribution in [0.15, 0.2) is 30.3 Å². The Morgan fingerprint density at radius 3 is 2.65 bits per heavy atom. The molecule has 0 saturated heterocycles. The first-order valence-electron chi connectivity index (χ1n) is 5.47. The molecule has 0 spiro atoms. The van der Waals surface area contributed by atoms with Crippen LogP contribution in [-0.2, 0) is 9.53 Å². The zero-order valence-electron chi connectivity index (χ0n) is 10.4. The van der Waals surface area contributed by atoms with Crippen molar-refractivity contribution in [2.24, 2.45) is 5.41 Å². The van der Waals surface area contributed by atoms with Gasteiger partial charge in [-0.25, -0.2) is 4.39 Å². The van der Waals surface area contributed by atoms with Gasteiger partial charge in [0.2, 0.25) is 0 Å². The lowest BCUT2D eigenvalue weighted by Gasteiger charge is -2.18. The first-order valence-corrected chi connectivity index (χ1v) is 5.47. The molecule has 0 N–H and O–H groups in total. The number of hydrogen-bond acceptors (Lipinski definition) is 2. The monoisotopic (exact) mass is 236 g/mol. The molecule has 0 aromatic heterocycles. The standard InChI is InChI=1S/C14H17FO2/c1-14(2,13(16)17-3)10-6-8-11-7-4-5-9-12(11)15/h4-9H,10H2,1-3H3/b8-6+. The van der Waals surface area contributed by atoms with E-state index >= 15 is 0 Å². The van der Waals surface area contributed by atoms with E-state index in [1.54, 1.807) is 44.2 Å². The van der Waals surface area contributed by atoms with Crippen molar-refractivity contribution in [2.45, 2.75) is 20.3 Å². The van der Waals surface area contributed by atoms with Crippen LogP contribution in [0.5, 0.6) is 0 Å². The Kier molecular flexibility index (Phi) is 4.44. The number of esters is 1. The summed E-state index contributed by atoms with van der Waals surface area (Å²) >= 11 is 0. The van der Waals surface area contributed by atoms with Crippen molar-refractivity contribution in [3.05, 3.63) is 41.7 Å². The minimum absolute atomic E-state index is 0.264. The van der Waals surface area contributed by atoms with Crippen molar-refractivity contribution < 1.29 is 13.9 Å². The second-order valence-electron chi connectivity index (χ2n) is 4.50. The summed E-state index contributed by atoms with van der Waals surface area (Å²) < 4.78 is 18.0. The van der Waals surface area contributed by atoms with E-state index in [0.717, 1.165) is 0 Å². The molecule has 92 valence electrons. The average Bonchev–Trinajstić information content (AvgIpc) is 2.30. The molecule has 0 aliphatic rings. The first-order chi connectivity index (χ1) is 7.97. The average molecular weight is 236 g/mol. The number of methoxy groups -OCH3 is 1. The van der Waals surface area contributed by atoms with E-state index in [4.69, 9.17) is 4.74 Å². The highest BCUT2D eigenvalue weighted by Gasteiger charge is 2.26. The van der Waals surface area contributed by atoms with Gasteiger partial charge in [0.05, 0.1) is 12.5 Å². The van der Waals surface area contributed by atoms with E-state index in [9.17, 15) is 9.18 Å². The highest BCUT2D eigenvalue weighted by atomic mass is 19.1. The SMILES string of the molecule is COC(=O)C(C)(C)C/C=C/c1ccccc1F. The molecule has 0 amide bonds. The number of hydrogen-bond donors (Lipinski definition) is 0. The second kappa shape index (κ2) is 5.62. The minimum atomic E-state index is -0.587. The van der Waals surface area contributed by atoms with Crippen molar-refractivity contribution >= 4 is 12.0 Å². The van der Waals surface area contributed by atoms with Gasteiger partial charge in [-0.2, -0.15) is 0 Å². The summed E-state index contributed by atoms with van der Waals surface area (Å²) in [7, 11) is 1.37. The van der Waals surface area contributed by atoms with Gasteiger partial charge in [-0.05, 0) is 26.3 Å². The van der Waals surface area contributed by atoms with Crippen LogP contribution in [0.1, 0.15) is 25.8 Å². The van der Waals surface area contributed by atoms with Crippen molar-refractivity contribution in [3.8, 4) is 0 Å². The molecule has 0 saturated carbocycles. The summed E-state index contributed by atoms with van der Waals surface area (Å²) in [6.45, 7) is 3.59. The lowest BCUT2D eigenvalue weighted by molar-refractivity contribution is -0.150. The van der Waals surface area contributed by atoms with Crippen LogP contribution in [0.4, 0.5) is 4.39 Å². The van der Waals surface area contributed by atoms with Crippen LogP contribution < -0.4 is 0 Å². The summed E-state index contributed by atoms with van der Waals surface area (Å²) in [5.41, 5.74) is -0.0653. The summed E-state index contributed by atoms with van der Waals surface area (Å²) in [5, 5.41) is 0. The number of benzene rings is 1. The van der Waals surface area contributed by atoms with Gasteiger partial charge in [0, 0.05) is 5.56 Å². The number of ether oxygens (including phenoxy) is 1. The predicted octanol–water partition coefficient (Wildman–Crippen LogP) is 3.43. The predicted molar refractivity (Wildman–Crippen MR) is 65.8 cm³/mol. The van der Waals surface area contributed by atoms with Crippen LogP contribution in [-0.4, -0.2) is 13.1 Å². The molecule has 1 aromatic carbocycles. The minimum Gasteiger partial charge on any atom is -0.469 e. The molecule has 1 rings (SSSR count). The van der Waals surface area contributed by atoms with E-state index in [-0.39, 0.29) is 11.8 Å². The fraction of sp³-hybridized carbons (Fsp3) is 0.357. The van der Waals surface area contributed by atoms with Crippen LogP contribution in [0.25, 0.3) is 6.08 Å². The van der Waals surface area contributed by atoms with Crippen molar-refractivity contribution in [2.75, 3.05) is 7.11 Å². The van der Waals surface area contributed by atoms with Gasteiger partial charge in [-0.1, -0.05) is 30.4 Å². The van der Waals surface area contributed by atoms with Crippen LogP contribution in [0.3, 0.4) is 0 Å². The van der Waals surface area contributed by atoms with E-state index < -0.39 is 5.41 Å².